The van der Waals surface area contributed by atoms with E-state index in [2.05, 4.69) is 50.0 Å². The Morgan fingerprint density at radius 1 is 1.06 bits per heavy atom. The Morgan fingerprint density at radius 3 is 1.97 bits per heavy atom. The first-order valence-corrected chi connectivity index (χ1v) is 11.4. The Bertz CT molecular complexity index is 995. The monoisotopic (exact) mass is 462 g/mol. The third-order valence-electron chi connectivity index (χ3n) is 3.98. The number of aliphatic hydroxyl groups is 1. The maximum absolute atomic E-state index is 9.47. The van der Waals surface area contributed by atoms with Crippen molar-refractivity contribution in [1.82, 2.24) is 0 Å². The smallest absolute Gasteiger partial charge is 0.390 e. The molecular formula is C24H34N2O5S. The second-order valence-corrected chi connectivity index (χ2v) is 9.39. The van der Waals surface area contributed by atoms with E-state index in [1.165, 1.54) is 29.3 Å². The first-order chi connectivity index (χ1) is 14.6. The lowest BCUT2D eigenvalue weighted by Gasteiger charge is -2.27. The molecule has 0 fully saturated rings. The molecule has 2 aromatic rings. The molecule has 0 saturated heterocycles. The number of nitrogens with zero attached hydrogens (tertiary/aromatic N) is 2. The van der Waals surface area contributed by atoms with Crippen LogP contribution in [0.2, 0.25) is 0 Å². The summed E-state index contributed by atoms with van der Waals surface area (Å²) in [6.07, 6.45) is 1.77. The zero-order valence-electron chi connectivity index (χ0n) is 19.6. The summed E-state index contributed by atoms with van der Waals surface area (Å²) in [5, 5.41) is 16.8. The molecule has 7 nitrogen and oxygen atoms in total. The van der Waals surface area contributed by atoms with Crippen molar-refractivity contribution in [3.05, 3.63) is 71.3 Å². The molecular weight excluding hydrogens is 428 g/mol. The predicted octanol–water partition coefficient (Wildman–Crippen LogP) is 4.71. The van der Waals surface area contributed by atoms with E-state index >= 15 is 0 Å². The average Bonchev–Trinajstić information content (AvgIpc) is 2.60. The number of hydrogen-bond acceptors (Lipinski definition) is 5. The molecule has 0 unspecified atom stereocenters. The highest BCUT2D eigenvalue weighted by Crippen LogP contribution is 2.26. The summed E-state index contributed by atoms with van der Waals surface area (Å²) in [7, 11) is -4.67. The normalized spacial score (nSPS) is 13.8. The molecule has 2 aromatic carbocycles. The molecule has 3 N–H and O–H groups in total. The quantitative estimate of drug-likeness (QED) is 0.554. The molecule has 32 heavy (non-hydrogen) atoms. The van der Waals surface area contributed by atoms with Gasteiger partial charge in [0.1, 0.15) is 0 Å². The third kappa shape index (κ3) is 15.3. The highest BCUT2D eigenvalue weighted by atomic mass is 32.3. The summed E-state index contributed by atoms with van der Waals surface area (Å²) in [4.78, 5) is 4.67. The minimum atomic E-state index is -4.67. The van der Waals surface area contributed by atoms with Crippen LogP contribution in [-0.2, 0) is 23.2 Å². The lowest BCUT2D eigenvalue weighted by Crippen LogP contribution is -2.27. The van der Waals surface area contributed by atoms with Gasteiger partial charge in [-0.3, -0.25) is 14.1 Å². The van der Waals surface area contributed by atoms with Gasteiger partial charge in [-0.15, -0.1) is 0 Å². The molecule has 3 rings (SSSR count). The van der Waals surface area contributed by atoms with Gasteiger partial charge in [-0.25, -0.2) is 0 Å². The minimum absolute atomic E-state index is 0.0818. The Labute approximate surface area is 192 Å². The van der Waals surface area contributed by atoms with Crippen LogP contribution in [0.3, 0.4) is 0 Å². The number of benzene rings is 2. The van der Waals surface area contributed by atoms with Crippen molar-refractivity contribution in [2.45, 2.75) is 65.5 Å². The van der Waals surface area contributed by atoms with Crippen molar-refractivity contribution < 1.29 is 22.6 Å². The largest absolute Gasteiger partial charge is 0.394 e. The maximum Gasteiger partial charge on any atom is 0.394 e. The van der Waals surface area contributed by atoms with E-state index in [-0.39, 0.29) is 5.54 Å². The van der Waals surface area contributed by atoms with Crippen LogP contribution < -0.4 is 0 Å². The summed E-state index contributed by atoms with van der Waals surface area (Å²) >= 11 is 0. The van der Waals surface area contributed by atoms with E-state index in [9.17, 15) is 5.11 Å². The number of nitriles is 1. The van der Waals surface area contributed by atoms with Crippen molar-refractivity contribution >= 4 is 16.1 Å². The van der Waals surface area contributed by atoms with Crippen molar-refractivity contribution in [3.8, 4) is 6.07 Å². The second kappa shape index (κ2) is 13.1. The van der Waals surface area contributed by atoms with Crippen LogP contribution >= 0.6 is 0 Å². The van der Waals surface area contributed by atoms with Gasteiger partial charge in [-0.05, 0) is 57.7 Å². The third-order valence-corrected chi connectivity index (χ3v) is 3.98. The fraction of sp³-hybridized carbons (Fsp3) is 0.417. The number of rotatable bonds is 2. The highest BCUT2D eigenvalue weighted by molar-refractivity contribution is 7.79. The SMILES string of the molecule is CC#N.CC(C)(O)Cc1ccccc1.CC1=NC(C)(C)Cc2ccccc21.O=S(=O)(O)O. The summed E-state index contributed by atoms with van der Waals surface area (Å²) in [5.41, 5.74) is 4.59. The molecule has 0 aliphatic carbocycles. The van der Waals surface area contributed by atoms with Gasteiger partial charge in [0.15, 0.2) is 0 Å². The molecule has 8 heteroatoms. The topological polar surface area (TPSA) is 131 Å². The van der Waals surface area contributed by atoms with Gasteiger partial charge < -0.3 is 5.11 Å². The fourth-order valence-corrected chi connectivity index (χ4v) is 3.14. The summed E-state index contributed by atoms with van der Waals surface area (Å²) in [5.74, 6) is 0. The number of hydrogen-bond donors (Lipinski definition) is 3. The summed E-state index contributed by atoms with van der Waals surface area (Å²) < 4.78 is 31.6. The van der Waals surface area contributed by atoms with Gasteiger partial charge in [0.25, 0.3) is 0 Å². The van der Waals surface area contributed by atoms with Gasteiger partial charge in [0.2, 0.25) is 0 Å². The average molecular weight is 463 g/mol. The molecule has 1 aliphatic heterocycles. The van der Waals surface area contributed by atoms with E-state index in [1.54, 1.807) is 6.07 Å². The van der Waals surface area contributed by atoms with Crippen LogP contribution in [0.1, 0.15) is 58.2 Å². The maximum atomic E-state index is 9.47. The second-order valence-electron chi connectivity index (χ2n) is 8.49. The molecule has 0 aromatic heterocycles. The number of aliphatic imine (C=N–C) groups is 1. The first-order valence-electron chi connectivity index (χ1n) is 10.00. The van der Waals surface area contributed by atoms with Crippen LogP contribution in [0.5, 0.6) is 0 Å². The van der Waals surface area contributed by atoms with E-state index in [0.29, 0.717) is 6.42 Å². The van der Waals surface area contributed by atoms with E-state index < -0.39 is 16.0 Å². The van der Waals surface area contributed by atoms with E-state index in [4.69, 9.17) is 22.8 Å². The Kier molecular flexibility index (Phi) is 12.0. The zero-order valence-corrected chi connectivity index (χ0v) is 20.4. The van der Waals surface area contributed by atoms with Crippen LogP contribution in [-0.4, -0.2) is 39.5 Å². The van der Waals surface area contributed by atoms with Gasteiger partial charge in [0.05, 0.1) is 17.2 Å². The molecule has 0 radical (unpaired) electrons. The Balaban J connectivity index is 0.000000458. The lowest BCUT2D eigenvalue weighted by atomic mass is 9.87. The first kappa shape index (κ1) is 29.4. The van der Waals surface area contributed by atoms with Crippen molar-refractivity contribution in [2.75, 3.05) is 0 Å². The van der Waals surface area contributed by atoms with Gasteiger partial charge in [0, 0.05) is 19.1 Å². The molecule has 0 bridgehead atoms. The van der Waals surface area contributed by atoms with Crippen molar-refractivity contribution in [1.29, 1.82) is 5.26 Å². The molecule has 0 saturated carbocycles. The molecule has 1 aliphatic rings. The Morgan fingerprint density at radius 2 is 1.50 bits per heavy atom. The number of fused-ring (bicyclic) bond motifs is 1. The summed E-state index contributed by atoms with van der Waals surface area (Å²) in [6.45, 7) is 11.5. The lowest BCUT2D eigenvalue weighted by molar-refractivity contribution is 0.0810. The van der Waals surface area contributed by atoms with Crippen molar-refractivity contribution in [2.24, 2.45) is 4.99 Å². The van der Waals surface area contributed by atoms with Crippen molar-refractivity contribution in [3.63, 3.8) is 0 Å². The molecule has 0 amide bonds. The summed E-state index contributed by atoms with van der Waals surface area (Å²) in [6, 6.07) is 20.3. The van der Waals surface area contributed by atoms with Gasteiger partial charge in [-0.1, -0.05) is 54.6 Å². The zero-order chi connectivity index (χ0) is 25.0. The molecule has 1 heterocycles. The standard InChI is InChI=1S/C12H15N.C10H14O.C2H3N.H2O4S/c1-9-11-7-5-4-6-10(11)8-12(2,3)13-9;1-10(2,11)8-9-6-4-3-5-7-9;1-2-3;1-5(2,3)4/h4-7H,8H2,1-3H3;3-7,11H,8H2,1-2H3;1H3;(H2,1,2,3,4). The van der Waals surface area contributed by atoms with Crippen LogP contribution in [0.4, 0.5) is 0 Å². The van der Waals surface area contributed by atoms with E-state index in [1.807, 2.05) is 44.2 Å². The molecule has 0 atom stereocenters. The molecule has 176 valence electrons. The van der Waals surface area contributed by atoms with Crippen LogP contribution in [0, 0.1) is 11.3 Å². The van der Waals surface area contributed by atoms with Crippen LogP contribution in [0.15, 0.2) is 59.6 Å². The fourth-order valence-electron chi connectivity index (χ4n) is 3.14. The predicted molar refractivity (Wildman–Crippen MR) is 128 cm³/mol. The van der Waals surface area contributed by atoms with E-state index in [0.717, 1.165) is 6.42 Å². The minimum Gasteiger partial charge on any atom is -0.390 e. The van der Waals surface area contributed by atoms with Gasteiger partial charge >= 0.3 is 10.4 Å². The Hall–Kier alpha value is -2.57. The van der Waals surface area contributed by atoms with Gasteiger partial charge in [-0.2, -0.15) is 13.7 Å². The van der Waals surface area contributed by atoms with Crippen LogP contribution in [0.25, 0.3) is 0 Å². The highest BCUT2D eigenvalue weighted by Gasteiger charge is 2.24. The molecule has 0 spiro atoms.